The van der Waals surface area contributed by atoms with E-state index in [1.165, 1.54) is 12.1 Å². The predicted octanol–water partition coefficient (Wildman–Crippen LogP) is 0.513. The lowest BCUT2D eigenvalue weighted by atomic mass is 10.0. The number of nitro groups is 1. The largest absolute Gasteiger partial charge is 0.548 e. The normalized spacial score (nSPS) is 11.9. The molecule has 0 bridgehead atoms. The van der Waals surface area contributed by atoms with E-state index in [1.54, 1.807) is 12.1 Å². The summed E-state index contributed by atoms with van der Waals surface area (Å²) in [5.74, 6) is -2.78. The van der Waals surface area contributed by atoms with Crippen LogP contribution >= 0.6 is 15.9 Å². The number of carbonyl (C=O) groups is 2. The Labute approximate surface area is 131 Å². The van der Waals surface area contributed by atoms with Gasteiger partial charge in [0.2, 0.25) is 6.33 Å². The van der Waals surface area contributed by atoms with Gasteiger partial charge in [0, 0.05) is 21.6 Å². The number of carbonyl (C=O) groups excluding carboxylic acids is 2. The second-order valence-electron chi connectivity index (χ2n) is 4.25. The second-order valence-corrected chi connectivity index (χ2v) is 5.17. The Balaban J connectivity index is 2.21. The summed E-state index contributed by atoms with van der Waals surface area (Å²) in [6.07, 6.45) is 0.429. The Kier molecular flexibility index (Phi) is 4.61. The third kappa shape index (κ3) is 3.52. The number of rotatable bonds is 6. The zero-order valence-corrected chi connectivity index (χ0v) is 12.5. The van der Waals surface area contributed by atoms with Gasteiger partial charge in [0.15, 0.2) is 5.78 Å². The molecule has 1 aromatic carbocycles. The maximum Gasteiger partial charge on any atom is 0.490 e. The molecule has 9 nitrogen and oxygen atoms in total. The number of aromatic nitrogens is 3. The first-order valence-corrected chi connectivity index (χ1v) is 6.73. The number of aliphatic carboxylic acids is 1. The van der Waals surface area contributed by atoms with E-state index in [9.17, 15) is 24.8 Å². The Morgan fingerprint density at radius 1 is 1.32 bits per heavy atom. The number of Topliss-reactive ketones (excluding diaryl/α,β-unsaturated/α-hetero) is 1. The smallest absolute Gasteiger partial charge is 0.490 e. The topological polar surface area (TPSA) is 131 Å². The molecule has 22 heavy (non-hydrogen) atoms. The van der Waals surface area contributed by atoms with Crippen molar-refractivity contribution in [2.45, 2.75) is 12.5 Å². The highest BCUT2D eigenvalue weighted by molar-refractivity contribution is 9.10. The van der Waals surface area contributed by atoms with Gasteiger partial charge in [0.05, 0.1) is 5.97 Å². The third-order valence-corrected chi connectivity index (χ3v) is 3.32. The average Bonchev–Trinajstić information content (AvgIpc) is 2.94. The van der Waals surface area contributed by atoms with Crippen LogP contribution in [0.5, 0.6) is 0 Å². The zero-order valence-electron chi connectivity index (χ0n) is 10.9. The van der Waals surface area contributed by atoms with Gasteiger partial charge >= 0.3 is 5.95 Å². The molecule has 1 heterocycles. The molecule has 0 saturated heterocycles. The van der Waals surface area contributed by atoms with Crippen molar-refractivity contribution in [2.75, 3.05) is 0 Å². The fraction of sp³-hybridized carbons (Fsp3) is 0.167. The van der Waals surface area contributed by atoms with Crippen molar-refractivity contribution in [2.24, 2.45) is 0 Å². The van der Waals surface area contributed by atoms with Crippen molar-refractivity contribution < 1.29 is 19.6 Å². The van der Waals surface area contributed by atoms with Crippen LogP contribution in [0.4, 0.5) is 5.95 Å². The van der Waals surface area contributed by atoms with E-state index in [0.717, 1.165) is 15.5 Å². The molecule has 0 aliphatic heterocycles. The van der Waals surface area contributed by atoms with Gasteiger partial charge in [-0.3, -0.25) is 4.79 Å². The molecule has 10 heteroatoms. The molecule has 114 valence electrons. The molecule has 0 spiro atoms. The predicted molar refractivity (Wildman–Crippen MR) is 73.8 cm³/mol. The number of nitrogens with zero attached hydrogens (tertiary/aromatic N) is 4. The van der Waals surface area contributed by atoms with Crippen LogP contribution in [-0.2, 0) is 4.79 Å². The van der Waals surface area contributed by atoms with E-state index in [0.29, 0.717) is 5.56 Å². The molecule has 0 N–H and O–H groups in total. The number of hydrogen-bond donors (Lipinski definition) is 0. The van der Waals surface area contributed by atoms with Crippen molar-refractivity contribution in [3.05, 3.63) is 50.7 Å². The molecular weight excluding hydrogens is 360 g/mol. The molecule has 0 fully saturated rings. The van der Waals surface area contributed by atoms with Gasteiger partial charge in [-0.1, -0.05) is 33.0 Å². The fourth-order valence-electron chi connectivity index (χ4n) is 1.71. The lowest BCUT2D eigenvalue weighted by molar-refractivity contribution is -0.394. The average molecular weight is 368 g/mol. The minimum Gasteiger partial charge on any atom is -0.548 e. The lowest BCUT2D eigenvalue weighted by Gasteiger charge is -2.14. The SMILES string of the molecule is O=C(C[C@@H](C(=O)[O-])n1cnc([N+](=O)[O-])n1)c1ccc(Br)cc1. The maximum absolute atomic E-state index is 12.1. The van der Waals surface area contributed by atoms with Gasteiger partial charge in [-0.15, -0.1) is 0 Å². The van der Waals surface area contributed by atoms with E-state index in [2.05, 4.69) is 26.0 Å². The summed E-state index contributed by atoms with van der Waals surface area (Å²) in [6, 6.07) is 4.87. The monoisotopic (exact) mass is 367 g/mol. The van der Waals surface area contributed by atoms with Crippen molar-refractivity contribution >= 4 is 33.6 Å². The fourth-order valence-corrected chi connectivity index (χ4v) is 1.98. The molecule has 0 saturated carbocycles. The van der Waals surface area contributed by atoms with Crippen LogP contribution in [0.1, 0.15) is 22.8 Å². The van der Waals surface area contributed by atoms with Gasteiger partial charge in [-0.25, -0.2) is 0 Å². The Morgan fingerprint density at radius 2 is 1.95 bits per heavy atom. The molecule has 0 aliphatic carbocycles. The molecule has 1 aromatic heterocycles. The highest BCUT2D eigenvalue weighted by Gasteiger charge is 2.24. The first-order chi connectivity index (χ1) is 10.4. The van der Waals surface area contributed by atoms with E-state index >= 15 is 0 Å². The lowest BCUT2D eigenvalue weighted by Crippen LogP contribution is -2.35. The van der Waals surface area contributed by atoms with E-state index in [1.807, 2.05) is 0 Å². The highest BCUT2D eigenvalue weighted by atomic mass is 79.9. The highest BCUT2D eigenvalue weighted by Crippen LogP contribution is 2.17. The van der Waals surface area contributed by atoms with Crippen LogP contribution in [0.2, 0.25) is 0 Å². The summed E-state index contributed by atoms with van der Waals surface area (Å²) >= 11 is 3.22. The van der Waals surface area contributed by atoms with Gasteiger partial charge in [-0.2, -0.15) is 4.68 Å². The molecule has 2 aromatic rings. The number of carboxylic acids is 1. The van der Waals surface area contributed by atoms with E-state index in [-0.39, 0.29) is 0 Å². The van der Waals surface area contributed by atoms with Crippen LogP contribution in [0.3, 0.4) is 0 Å². The zero-order chi connectivity index (χ0) is 16.3. The Morgan fingerprint density at radius 3 is 2.45 bits per heavy atom. The van der Waals surface area contributed by atoms with Gasteiger partial charge in [0.1, 0.15) is 6.04 Å². The Hall–Kier alpha value is -2.62. The summed E-state index contributed by atoms with van der Waals surface area (Å²) < 4.78 is 1.51. The molecule has 0 amide bonds. The quantitative estimate of drug-likeness (QED) is 0.412. The van der Waals surface area contributed by atoms with Gasteiger partial charge in [0.25, 0.3) is 0 Å². The van der Waals surface area contributed by atoms with Crippen LogP contribution in [-0.4, -0.2) is 31.4 Å². The minimum absolute atomic E-state index is 0.309. The third-order valence-electron chi connectivity index (χ3n) is 2.80. The maximum atomic E-state index is 12.1. The van der Waals surface area contributed by atoms with E-state index < -0.39 is 35.1 Å². The number of carboxylic acid groups (broad SMARTS) is 1. The summed E-state index contributed by atoms with van der Waals surface area (Å²) in [6.45, 7) is 0. The minimum atomic E-state index is -1.58. The second kappa shape index (κ2) is 6.43. The summed E-state index contributed by atoms with van der Waals surface area (Å²) in [7, 11) is 0. The van der Waals surface area contributed by atoms with E-state index in [4.69, 9.17) is 0 Å². The van der Waals surface area contributed by atoms with Crippen LogP contribution in [0.25, 0.3) is 0 Å². The number of hydrogen-bond acceptors (Lipinski definition) is 7. The summed E-state index contributed by atoms with van der Waals surface area (Å²) in [5.41, 5.74) is 0.309. The molecule has 0 unspecified atom stereocenters. The Bertz CT molecular complexity index is 727. The molecular formula is C12H8BrN4O5-. The van der Waals surface area contributed by atoms with Crippen LogP contribution in [0.15, 0.2) is 35.1 Å². The molecule has 1 atom stereocenters. The van der Waals surface area contributed by atoms with Crippen molar-refractivity contribution in [3.63, 3.8) is 0 Å². The number of benzene rings is 1. The molecule has 0 aliphatic rings. The summed E-state index contributed by atoms with van der Waals surface area (Å²) in [5, 5.41) is 25.1. The van der Waals surface area contributed by atoms with Crippen molar-refractivity contribution in [3.8, 4) is 0 Å². The molecule has 2 rings (SSSR count). The van der Waals surface area contributed by atoms with Crippen LogP contribution in [0, 0.1) is 10.1 Å². The number of ketones is 1. The summed E-state index contributed by atoms with van der Waals surface area (Å²) in [4.78, 5) is 36.3. The first-order valence-electron chi connectivity index (χ1n) is 5.93. The van der Waals surface area contributed by atoms with Gasteiger partial charge < -0.3 is 20.0 Å². The number of halogens is 1. The standard InChI is InChI=1S/C12H9BrN4O5/c13-8-3-1-7(2-4-8)10(18)5-9(11(19)20)16-6-14-12(15-16)17(21)22/h1-4,6,9H,5H2,(H,19,20)/p-1/t9-/m0/s1. The van der Waals surface area contributed by atoms with Gasteiger partial charge in [-0.05, 0) is 17.1 Å². The van der Waals surface area contributed by atoms with Crippen LogP contribution < -0.4 is 5.11 Å². The van der Waals surface area contributed by atoms with Crippen molar-refractivity contribution in [1.29, 1.82) is 0 Å². The molecule has 0 radical (unpaired) electrons. The first kappa shape index (κ1) is 15.8. The van der Waals surface area contributed by atoms with Crippen molar-refractivity contribution in [1.82, 2.24) is 14.8 Å².